The van der Waals surface area contributed by atoms with E-state index in [1.54, 1.807) is 4.57 Å². The second kappa shape index (κ2) is 10.3. The van der Waals surface area contributed by atoms with Crippen molar-refractivity contribution in [3.05, 3.63) is 107 Å². The summed E-state index contributed by atoms with van der Waals surface area (Å²) in [6.45, 7) is 2.73. The molecule has 0 amide bonds. The lowest BCUT2D eigenvalue weighted by Crippen LogP contribution is -2.24. The molecular weight excluding hydrogens is 436 g/mol. The number of hydrogen-bond acceptors (Lipinski definition) is 4. The second-order valence-electron chi connectivity index (χ2n) is 8.64. The van der Waals surface area contributed by atoms with E-state index in [1.165, 1.54) is 0 Å². The minimum absolute atomic E-state index is 0.00469. The molecule has 0 radical (unpaired) electrons. The minimum Gasteiger partial charge on any atom is -0.292 e. The van der Waals surface area contributed by atoms with Crippen molar-refractivity contribution in [3.8, 4) is 28.2 Å². The highest BCUT2D eigenvalue weighted by Gasteiger charge is 2.14. The van der Waals surface area contributed by atoms with Crippen molar-refractivity contribution in [3.63, 3.8) is 0 Å². The van der Waals surface area contributed by atoms with E-state index in [4.69, 9.17) is 0 Å². The smallest absolute Gasteiger partial charge is 0.292 e. The van der Waals surface area contributed by atoms with Crippen molar-refractivity contribution in [1.82, 2.24) is 29.8 Å². The van der Waals surface area contributed by atoms with E-state index in [0.29, 0.717) is 12.4 Å². The van der Waals surface area contributed by atoms with E-state index < -0.39 is 0 Å². The summed E-state index contributed by atoms with van der Waals surface area (Å²) in [6, 6.07) is 26.2. The number of nitrogens with one attached hydrogen (secondary N) is 1. The molecule has 0 fully saturated rings. The van der Waals surface area contributed by atoms with E-state index in [1.807, 2.05) is 59.3 Å². The molecule has 7 heteroatoms. The Labute approximate surface area is 204 Å². The first-order valence-corrected chi connectivity index (χ1v) is 12.0. The largest absolute Gasteiger partial charge is 0.333 e. The van der Waals surface area contributed by atoms with Crippen LogP contribution in [0.4, 0.5) is 0 Å². The van der Waals surface area contributed by atoms with Gasteiger partial charge in [0, 0.05) is 17.5 Å². The molecule has 0 bridgehead atoms. The second-order valence-corrected chi connectivity index (χ2v) is 8.64. The van der Waals surface area contributed by atoms with Gasteiger partial charge in [-0.2, -0.15) is 0 Å². The fourth-order valence-electron chi connectivity index (χ4n) is 4.41. The third-order valence-electron chi connectivity index (χ3n) is 6.27. The van der Waals surface area contributed by atoms with E-state index in [9.17, 15) is 4.79 Å². The maximum Gasteiger partial charge on any atom is 0.333 e. The Bertz CT molecular complexity index is 1430. The number of imidazole rings is 1. The Morgan fingerprint density at radius 2 is 1.60 bits per heavy atom. The molecule has 5 aromatic rings. The molecule has 0 spiro atoms. The van der Waals surface area contributed by atoms with Gasteiger partial charge in [0.25, 0.3) is 0 Å². The van der Waals surface area contributed by atoms with Gasteiger partial charge >= 0.3 is 5.69 Å². The topological polar surface area (TPSA) is 81.4 Å². The fourth-order valence-corrected chi connectivity index (χ4v) is 4.41. The van der Waals surface area contributed by atoms with Crippen LogP contribution >= 0.6 is 0 Å². The number of benzene rings is 3. The van der Waals surface area contributed by atoms with Gasteiger partial charge in [-0.3, -0.25) is 9.13 Å². The van der Waals surface area contributed by atoms with Gasteiger partial charge in [-0.15, -0.1) is 5.10 Å². The van der Waals surface area contributed by atoms with Gasteiger partial charge in [-0.05, 0) is 52.1 Å². The average Bonchev–Trinajstić information content (AvgIpc) is 3.55. The quantitative estimate of drug-likeness (QED) is 0.302. The molecule has 1 N–H and O–H groups in total. The van der Waals surface area contributed by atoms with Crippen molar-refractivity contribution in [1.29, 1.82) is 0 Å². The van der Waals surface area contributed by atoms with Gasteiger partial charge in [0.15, 0.2) is 5.82 Å². The monoisotopic (exact) mass is 464 g/mol. The van der Waals surface area contributed by atoms with Crippen LogP contribution in [0.5, 0.6) is 0 Å². The number of aryl methyl sites for hydroxylation is 1. The number of H-pyrrole nitrogens is 1. The van der Waals surface area contributed by atoms with Crippen molar-refractivity contribution >= 4 is 0 Å². The third-order valence-corrected chi connectivity index (χ3v) is 6.27. The molecule has 0 unspecified atom stereocenters. The first kappa shape index (κ1) is 22.5. The van der Waals surface area contributed by atoms with E-state index in [2.05, 4.69) is 57.9 Å². The number of para-hydroxylation sites is 1. The molecule has 5 rings (SSSR count). The van der Waals surface area contributed by atoms with Crippen molar-refractivity contribution < 1.29 is 0 Å². The summed E-state index contributed by atoms with van der Waals surface area (Å²) < 4.78 is 3.67. The minimum atomic E-state index is -0.00469. The number of tetrazole rings is 1. The zero-order valence-electron chi connectivity index (χ0n) is 19.8. The van der Waals surface area contributed by atoms with Crippen LogP contribution < -0.4 is 5.69 Å². The molecular formula is C28H28N6O. The molecule has 35 heavy (non-hydrogen) atoms. The maximum atomic E-state index is 13.4. The van der Waals surface area contributed by atoms with E-state index in [0.717, 1.165) is 59.3 Å². The first-order valence-electron chi connectivity index (χ1n) is 12.0. The summed E-state index contributed by atoms with van der Waals surface area (Å²) in [7, 11) is 0. The van der Waals surface area contributed by atoms with Crippen molar-refractivity contribution in [2.24, 2.45) is 0 Å². The molecule has 2 heterocycles. The number of unbranched alkanes of at least 4 members (excludes halogenated alkanes) is 2. The highest BCUT2D eigenvalue weighted by atomic mass is 16.1. The molecule has 3 aromatic carbocycles. The standard InChI is InChI=1S/C28H28N6O/c1-2-3-5-12-24-20-34(23-10-6-4-7-11-23)28(35)33(24)19-21-15-17-22(18-16-21)25-13-8-9-14-26(25)27-29-31-32-30-27/h4,6-11,13-18,20H,2-3,5,12,19H2,1H3,(H,29,30,31,32). The van der Waals surface area contributed by atoms with Crippen LogP contribution in [0.15, 0.2) is 89.9 Å². The van der Waals surface area contributed by atoms with Crippen LogP contribution in [0.2, 0.25) is 0 Å². The fraction of sp³-hybridized carbons (Fsp3) is 0.214. The number of nitrogens with zero attached hydrogens (tertiary/aromatic N) is 5. The van der Waals surface area contributed by atoms with Crippen LogP contribution in [0, 0.1) is 0 Å². The van der Waals surface area contributed by atoms with Crippen LogP contribution in [-0.2, 0) is 13.0 Å². The van der Waals surface area contributed by atoms with Gasteiger partial charge in [-0.1, -0.05) is 86.5 Å². The third kappa shape index (κ3) is 4.84. The molecule has 0 saturated heterocycles. The van der Waals surface area contributed by atoms with Gasteiger partial charge < -0.3 is 0 Å². The Balaban J connectivity index is 1.45. The molecule has 2 aromatic heterocycles. The van der Waals surface area contributed by atoms with Crippen LogP contribution in [0.3, 0.4) is 0 Å². The van der Waals surface area contributed by atoms with Gasteiger partial charge in [0.2, 0.25) is 0 Å². The van der Waals surface area contributed by atoms with Gasteiger partial charge in [0.1, 0.15) is 0 Å². The Kier molecular flexibility index (Phi) is 6.66. The highest BCUT2D eigenvalue weighted by molar-refractivity contribution is 5.80. The number of rotatable bonds is 9. The molecule has 0 atom stereocenters. The predicted octanol–water partition coefficient (Wildman–Crippen LogP) is 5.27. The average molecular weight is 465 g/mol. The summed E-state index contributed by atoms with van der Waals surface area (Å²) in [5, 5.41) is 14.3. The summed E-state index contributed by atoms with van der Waals surface area (Å²) in [6.07, 6.45) is 6.26. The Hall–Kier alpha value is -4.26. The zero-order chi connectivity index (χ0) is 24.0. The molecule has 0 aliphatic carbocycles. The van der Waals surface area contributed by atoms with Gasteiger partial charge in [-0.25, -0.2) is 9.89 Å². The lowest BCUT2D eigenvalue weighted by molar-refractivity contribution is 0.653. The molecule has 0 aliphatic rings. The molecule has 176 valence electrons. The van der Waals surface area contributed by atoms with Crippen LogP contribution in [0.25, 0.3) is 28.2 Å². The number of aromatic amines is 1. The van der Waals surface area contributed by atoms with Crippen LogP contribution in [-0.4, -0.2) is 29.8 Å². The number of hydrogen-bond donors (Lipinski definition) is 1. The van der Waals surface area contributed by atoms with Crippen LogP contribution in [0.1, 0.15) is 37.4 Å². The first-order chi connectivity index (χ1) is 17.2. The van der Waals surface area contributed by atoms with E-state index in [-0.39, 0.29) is 5.69 Å². The van der Waals surface area contributed by atoms with Gasteiger partial charge in [0.05, 0.1) is 12.2 Å². The normalized spacial score (nSPS) is 11.1. The van der Waals surface area contributed by atoms with E-state index >= 15 is 0 Å². The predicted molar refractivity (Wildman–Crippen MR) is 137 cm³/mol. The SMILES string of the molecule is CCCCCc1cn(-c2ccccc2)c(=O)n1Cc1ccc(-c2ccccc2-c2nnn[nH]2)cc1. The van der Waals surface area contributed by atoms with Crippen molar-refractivity contribution in [2.75, 3.05) is 0 Å². The lowest BCUT2D eigenvalue weighted by Gasteiger charge is -2.10. The number of aromatic nitrogens is 6. The van der Waals surface area contributed by atoms with Crippen molar-refractivity contribution in [2.45, 2.75) is 39.2 Å². The Morgan fingerprint density at radius 1 is 0.857 bits per heavy atom. The summed E-state index contributed by atoms with van der Waals surface area (Å²) in [5.74, 6) is 0.634. The molecule has 7 nitrogen and oxygen atoms in total. The Morgan fingerprint density at radius 3 is 2.31 bits per heavy atom. The summed E-state index contributed by atoms with van der Waals surface area (Å²) >= 11 is 0. The molecule has 0 saturated carbocycles. The maximum absolute atomic E-state index is 13.4. The molecule has 0 aliphatic heterocycles. The zero-order valence-corrected chi connectivity index (χ0v) is 19.8. The summed E-state index contributed by atoms with van der Waals surface area (Å²) in [5.41, 5.74) is 6.09. The summed E-state index contributed by atoms with van der Waals surface area (Å²) in [4.78, 5) is 13.4. The highest BCUT2D eigenvalue weighted by Crippen LogP contribution is 2.29. The lowest BCUT2D eigenvalue weighted by atomic mass is 9.98.